The molecule has 4 rings (SSSR count). The number of methoxy groups -OCH3 is 1. The Kier molecular flexibility index (Phi) is 4.77. The molecule has 1 aliphatic heterocycles. The highest BCUT2D eigenvalue weighted by Gasteiger charge is 2.50. The van der Waals surface area contributed by atoms with Crippen molar-refractivity contribution in [3.63, 3.8) is 0 Å². The maximum atomic E-state index is 13.0. The first kappa shape index (κ1) is 19.0. The summed E-state index contributed by atoms with van der Waals surface area (Å²) in [6.45, 7) is 0. The Bertz CT molecular complexity index is 929. The summed E-state index contributed by atoms with van der Waals surface area (Å²) in [5, 5.41) is 13.2. The molecule has 2 bridgehead atoms. The molecule has 0 unspecified atom stereocenters. The molecule has 4 amide bonds. The van der Waals surface area contributed by atoms with Gasteiger partial charge in [0.25, 0.3) is 5.69 Å². The summed E-state index contributed by atoms with van der Waals surface area (Å²) in [5.74, 6) is -1.59. The van der Waals surface area contributed by atoms with Gasteiger partial charge in [-0.2, -0.15) is 0 Å². The van der Waals surface area contributed by atoms with Gasteiger partial charge in [-0.3, -0.25) is 34.9 Å². The number of fused-ring (bicyclic) bond motifs is 2. The number of carbonyl (C=O) groups is 3. The van der Waals surface area contributed by atoms with E-state index in [0.29, 0.717) is 5.92 Å². The topological polar surface area (TPSA) is 131 Å². The number of hydrogen-bond donors (Lipinski definition) is 1. The quantitative estimate of drug-likeness (QED) is 0.349. The lowest BCUT2D eigenvalue weighted by atomic mass is 9.92. The van der Waals surface area contributed by atoms with Crippen LogP contribution in [0.5, 0.6) is 5.75 Å². The summed E-state index contributed by atoms with van der Waals surface area (Å²) in [5.41, 5.74) is -0.0816. The summed E-state index contributed by atoms with van der Waals surface area (Å²) in [7, 11) is 1.38. The molecule has 1 N–H and O–H groups in total. The second kappa shape index (κ2) is 7.26. The SMILES string of the molecule is COc1ccc([N+](=O)[O-])cc1N=C[C@H]1C(=O)NC(=O)N([C@@H]2C[C@H]3CC[C@H]2C3)C1=O. The summed E-state index contributed by atoms with van der Waals surface area (Å²) < 4.78 is 5.14. The Balaban J connectivity index is 1.60. The van der Waals surface area contributed by atoms with Crippen molar-refractivity contribution in [2.75, 3.05) is 7.11 Å². The minimum absolute atomic E-state index is 0.116. The van der Waals surface area contributed by atoms with Crippen molar-refractivity contribution >= 4 is 35.4 Å². The molecule has 0 radical (unpaired) electrons. The number of aliphatic imine (C=N–C) groups is 1. The van der Waals surface area contributed by atoms with Crippen molar-refractivity contribution in [2.45, 2.75) is 31.7 Å². The number of barbiturate groups is 1. The van der Waals surface area contributed by atoms with Crippen molar-refractivity contribution in [2.24, 2.45) is 22.7 Å². The van der Waals surface area contributed by atoms with Gasteiger partial charge in [-0.1, -0.05) is 6.42 Å². The van der Waals surface area contributed by atoms with Crippen LogP contribution in [0, 0.1) is 27.9 Å². The van der Waals surface area contributed by atoms with E-state index in [4.69, 9.17) is 4.74 Å². The van der Waals surface area contributed by atoms with Gasteiger partial charge in [0.15, 0.2) is 5.92 Å². The second-order valence-electron chi connectivity index (χ2n) is 7.61. The zero-order valence-electron chi connectivity index (χ0n) is 15.7. The predicted octanol–water partition coefficient (Wildman–Crippen LogP) is 2.19. The smallest absolute Gasteiger partial charge is 0.331 e. The van der Waals surface area contributed by atoms with E-state index >= 15 is 0 Å². The minimum Gasteiger partial charge on any atom is -0.494 e. The number of carbonyl (C=O) groups excluding carboxylic acids is 3. The third-order valence-electron chi connectivity index (χ3n) is 6.00. The number of nitrogens with one attached hydrogen (secondary N) is 1. The Labute approximate surface area is 166 Å². The molecule has 10 heteroatoms. The Morgan fingerprint density at radius 3 is 2.69 bits per heavy atom. The molecule has 2 aliphatic carbocycles. The average Bonchev–Trinajstić information content (AvgIpc) is 3.30. The van der Waals surface area contributed by atoms with Crippen LogP contribution in [-0.2, 0) is 9.59 Å². The van der Waals surface area contributed by atoms with Crippen LogP contribution in [0.2, 0.25) is 0 Å². The first-order valence-corrected chi connectivity index (χ1v) is 9.43. The molecule has 1 aromatic rings. The summed E-state index contributed by atoms with van der Waals surface area (Å²) in [6, 6.07) is 2.97. The number of nitro groups is 1. The molecular weight excluding hydrogens is 380 g/mol. The van der Waals surface area contributed by atoms with Crippen LogP contribution in [0.15, 0.2) is 23.2 Å². The van der Waals surface area contributed by atoms with Crippen molar-refractivity contribution in [1.29, 1.82) is 0 Å². The van der Waals surface area contributed by atoms with Crippen LogP contribution in [0.3, 0.4) is 0 Å². The fraction of sp³-hybridized carbons (Fsp3) is 0.474. The van der Waals surface area contributed by atoms with Crippen molar-refractivity contribution in [1.82, 2.24) is 10.2 Å². The Morgan fingerprint density at radius 2 is 2.07 bits per heavy atom. The number of benzene rings is 1. The highest BCUT2D eigenvalue weighted by Crippen LogP contribution is 2.47. The van der Waals surface area contributed by atoms with Gasteiger partial charge < -0.3 is 4.74 Å². The molecule has 10 nitrogen and oxygen atoms in total. The highest BCUT2D eigenvalue weighted by atomic mass is 16.6. The molecule has 3 fully saturated rings. The van der Waals surface area contributed by atoms with E-state index in [9.17, 15) is 24.5 Å². The van der Waals surface area contributed by atoms with Gasteiger partial charge in [0.05, 0.1) is 12.0 Å². The molecular formula is C19H20N4O6. The zero-order valence-corrected chi connectivity index (χ0v) is 15.7. The number of imide groups is 2. The van der Waals surface area contributed by atoms with Gasteiger partial charge in [-0.25, -0.2) is 4.79 Å². The molecule has 1 saturated heterocycles. The first-order chi connectivity index (χ1) is 13.9. The molecule has 1 aromatic carbocycles. The predicted molar refractivity (Wildman–Crippen MR) is 101 cm³/mol. The maximum absolute atomic E-state index is 13.0. The fourth-order valence-corrected chi connectivity index (χ4v) is 4.63. The molecule has 0 aromatic heterocycles. The van der Waals surface area contributed by atoms with E-state index in [-0.39, 0.29) is 29.1 Å². The van der Waals surface area contributed by atoms with Gasteiger partial charge in [-0.15, -0.1) is 0 Å². The molecule has 152 valence electrons. The lowest BCUT2D eigenvalue weighted by Gasteiger charge is -2.36. The Morgan fingerprint density at radius 1 is 1.28 bits per heavy atom. The lowest BCUT2D eigenvalue weighted by molar-refractivity contribution is -0.384. The number of amides is 4. The van der Waals surface area contributed by atoms with Gasteiger partial charge in [0.1, 0.15) is 11.4 Å². The van der Waals surface area contributed by atoms with Crippen LogP contribution in [0.1, 0.15) is 25.7 Å². The molecule has 0 spiro atoms. The Hall–Kier alpha value is -3.30. The van der Waals surface area contributed by atoms with Crippen LogP contribution < -0.4 is 10.1 Å². The fourth-order valence-electron chi connectivity index (χ4n) is 4.63. The van der Waals surface area contributed by atoms with E-state index in [2.05, 4.69) is 10.3 Å². The number of nitrogens with zero attached hydrogens (tertiary/aromatic N) is 3. The number of ether oxygens (including phenoxy) is 1. The van der Waals surface area contributed by atoms with E-state index in [1.165, 1.54) is 30.2 Å². The molecule has 3 aliphatic rings. The van der Waals surface area contributed by atoms with Crippen LogP contribution in [0.25, 0.3) is 0 Å². The summed E-state index contributed by atoms with van der Waals surface area (Å²) >= 11 is 0. The summed E-state index contributed by atoms with van der Waals surface area (Å²) in [4.78, 5) is 53.3. The van der Waals surface area contributed by atoms with E-state index in [1.807, 2.05) is 0 Å². The van der Waals surface area contributed by atoms with Gasteiger partial charge in [0.2, 0.25) is 11.8 Å². The number of urea groups is 1. The van der Waals surface area contributed by atoms with Crippen LogP contribution >= 0.6 is 0 Å². The van der Waals surface area contributed by atoms with E-state index < -0.39 is 28.7 Å². The van der Waals surface area contributed by atoms with Crippen molar-refractivity contribution in [3.8, 4) is 5.75 Å². The monoisotopic (exact) mass is 400 g/mol. The number of rotatable bonds is 5. The third-order valence-corrected chi connectivity index (χ3v) is 6.00. The second-order valence-corrected chi connectivity index (χ2v) is 7.61. The normalized spacial score (nSPS) is 28.9. The first-order valence-electron chi connectivity index (χ1n) is 9.43. The van der Waals surface area contributed by atoms with Gasteiger partial charge in [-0.05, 0) is 37.2 Å². The molecule has 29 heavy (non-hydrogen) atoms. The van der Waals surface area contributed by atoms with Crippen molar-refractivity contribution < 1.29 is 24.0 Å². The van der Waals surface area contributed by atoms with Crippen LogP contribution in [-0.4, -0.2) is 47.0 Å². The number of non-ortho nitro benzene ring substituents is 1. The van der Waals surface area contributed by atoms with E-state index in [1.54, 1.807) is 0 Å². The van der Waals surface area contributed by atoms with Gasteiger partial charge in [0, 0.05) is 24.4 Å². The average molecular weight is 400 g/mol. The maximum Gasteiger partial charge on any atom is 0.331 e. The highest BCUT2D eigenvalue weighted by molar-refractivity contribution is 6.23. The molecule has 1 heterocycles. The largest absolute Gasteiger partial charge is 0.494 e. The van der Waals surface area contributed by atoms with Crippen molar-refractivity contribution in [3.05, 3.63) is 28.3 Å². The van der Waals surface area contributed by atoms with E-state index in [0.717, 1.165) is 31.9 Å². The zero-order chi connectivity index (χ0) is 20.7. The lowest BCUT2D eigenvalue weighted by Crippen LogP contribution is -2.62. The van der Waals surface area contributed by atoms with Crippen LogP contribution in [0.4, 0.5) is 16.2 Å². The molecule has 4 atom stereocenters. The molecule has 2 saturated carbocycles. The number of nitro benzene ring substituents is 1. The standard InChI is InChI=1S/C19H20N4O6/c1-29-16-5-4-12(23(27)28)8-14(16)20-9-13-17(24)21-19(26)22(18(13)25)15-7-10-2-3-11(15)6-10/h4-5,8-11,13,15H,2-3,6-7H2,1H3,(H,21,24,26)/t10-,11-,13-,15+/m0/s1. The third kappa shape index (κ3) is 3.34. The minimum atomic E-state index is -1.28. The number of hydrogen-bond acceptors (Lipinski definition) is 7. The van der Waals surface area contributed by atoms with Gasteiger partial charge >= 0.3 is 6.03 Å². The summed E-state index contributed by atoms with van der Waals surface area (Å²) in [6.07, 6.45) is 4.97.